The molecule has 2 rings (SSSR count). The molecule has 1 aliphatic rings. The van der Waals surface area contributed by atoms with Crippen LogP contribution in [0.5, 0.6) is 0 Å². The summed E-state index contributed by atoms with van der Waals surface area (Å²) < 4.78 is 0. The van der Waals surface area contributed by atoms with Crippen LogP contribution in [0.25, 0.3) is 0 Å². The summed E-state index contributed by atoms with van der Waals surface area (Å²) in [6.45, 7) is 1.63. The molecule has 23 heavy (non-hydrogen) atoms. The van der Waals surface area contributed by atoms with E-state index in [1.54, 1.807) is 0 Å². The number of carboxylic acids is 1. The maximum absolute atomic E-state index is 12.6. The summed E-state index contributed by atoms with van der Waals surface area (Å²) in [4.78, 5) is 25.4. The van der Waals surface area contributed by atoms with E-state index >= 15 is 0 Å². The normalized spacial score (nSPS) is 18.6. The number of aliphatic hydroxyl groups is 1. The van der Waals surface area contributed by atoms with Crippen molar-refractivity contribution in [1.29, 1.82) is 0 Å². The summed E-state index contributed by atoms with van der Waals surface area (Å²) in [5.41, 5.74) is 0.171. The number of fused-ring (bicyclic) bond motifs is 1. The first kappa shape index (κ1) is 17.0. The van der Waals surface area contributed by atoms with Crippen LogP contribution in [-0.4, -0.2) is 39.1 Å². The SMILES string of the molecule is C#CCN(C(=O)CC(O)(CC)C(=O)O)C1CCc2ccccc21. The van der Waals surface area contributed by atoms with E-state index in [0.29, 0.717) is 0 Å². The van der Waals surface area contributed by atoms with Crippen molar-refractivity contribution in [3.05, 3.63) is 35.4 Å². The Hall–Kier alpha value is -2.32. The highest BCUT2D eigenvalue weighted by Gasteiger charge is 2.40. The molecule has 0 heterocycles. The van der Waals surface area contributed by atoms with Crippen LogP contribution in [0.15, 0.2) is 24.3 Å². The average molecular weight is 315 g/mol. The first-order chi connectivity index (χ1) is 10.9. The third kappa shape index (κ3) is 3.38. The van der Waals surface area contributed by atoms with E-state index < -0.39 is 23.9 Å². The smallest absolute Gasteiger partial charge is 0.336 e. The Balaban J connectivity index is 2.24. The molecule has 0 saturated heterocycles. The van der Waals surface area contributed by atoms with Gasteiger partial charge in [0.25, 0.3) is 0 Å². The summed E-state index contributed by atoms with van der Waals surface area (Å²) in [5, 5.41) is 19.3. The molecule has 1 amide bonds. The van der Waals surface area contributed by atoms with E-state index in [4.69, 9.17) is 11.5 Å². The standard InChI is InChI=1S/C18H21NO4/c1-3-11-19(16(20)12-18(23,4-2)17(21)22)15-10-9-13-7-5-6-8-14(13)15/h1,5-8,15,23H,4,9-12H2,2H3,(H,21,22). The molecule has 0 bridgehead atoms. The fourth-order valence-corrected chi connectivity index (χ4v) is 3.03. The van der Waals surface area contributed by atoms with Crippen LogP contribution in [0.4, 0.5) is 0 Å². The van der Waals surface area contributed by atoms with Gasteiger partial charge < -0.3 is 15.1 Å². The van der Waals surface area contributed by atoms with E-state index in [2.05, 4.69) is 5.92 Å². The molecule has 2 N–H and O–H groups in total. The molecule has 0 saturated carbocycles. The van der Waals surface area contributed by atoms with E-state index in [1.165, 1.54) is 17.4 Å². The van der Waals surface area contributed by atoms with Crippen molar-refractivity contribution in [2.45, 2.75) is 44.2 Å². The van der Waals surface area contributed by atoms with Crippen molar-refractivity contribution in [1.82, 2.24) is 4.90 Å². The summed E-state index contributed by atoms with van der Waals surface area (Å²) in [5.74, 6) is 0.643. The molecule has 2 unspecified atom stereocenters. The monoisotopic (exact) mass is 315 g/mol. The number of aliphatic carboxylic acids is 1. The zero-order chi connectivity index (χ0) is 17.0. The van der Waals surface area contributed by atoms with Crippen LogP contribution in [-0.2, 0) is 16.0 Å². The number of carbonyl (C=O) groups is 2. The van der Waals surface area contributed by atoms with Gasteiger partial charge in [0.2, 0.25) is 5.91 Å². The van der Waals surface area contributed by atoms with Gasteiger partial charge in [0.15, 0.2) is 5.60 Å². The highest BCUT2D eigenvalue weighted by Crippen LogP contribution is 2.36. The van der Waals surface area contributed by atoms with Gasteiger partial charge >= 0.3 is 5.97 Å². The van der Waals surface area contributed by atoms with Gasteiger partial charge in [0, 0.05) is 0 Å². The second-order valence-electron chi connectivity index (χ2n) is 5.85. The molecule has 0 aliphatic heterocycles. The number of carboxylic acid groups (broad SMARTS) is 1. The van der Waals surface area contributed by atoms with Gasteiger partial charge in [-0.1, -0.05) is 37.1 Å². The minimum absolute atomic E-state index is 0.0424. The molecule has 1 aromatic carbocycles. The molecule has 122 valence electrons. The molecule has 0 fully saturated rings. The lowest BCUT2D eigenvalue weighted by Gasteiger charge is -2.31. The number of amides is 1. The highest BCUT2D eigenvalue weighted by atomic mass is 16.4. The maximum atomic E-state index is 12.6. The van der Waals surface area contributed by atoms with E-state index in [0.717, 1.165) is 18.4 Å². The van der Waals surface area contributed by atoms with Gasteiger partial charge in [-0.05, 0) is 30.4 Å². The molecule has 5 heteroatoms. The van der Waals surface area contributed by atoms with Gasteiger partial charge in [-0.2, -0.15) is 0 Å². The number of hydrogen-bond acceptors (Lipinski definition) is 3. The number of aryl methyl sites for hydroxylation is 1. The summed E-state index contributed by atoms with van der Waals surface area (Å²) >= 11 is 0. The summed E-state index contributed by atoms with van der Waals surface area (Å²) in [7, 11) is 0. The quantitative estimate of drug-likeness (QED) is 0.784. The number of terminal acetylenes is 1. The topological polar surface area (TPSA) is 77.8 Å². The van der Waals surface area contributed by atoms with Crippen molar-refractivity contribution < 1.29 is 19.8 Å². The lowest BCUT2D eigenvalue weighted by Crippen LogP contribution is -2.45. The fraction of sp³-hybridized carbons (Fsp3) is 0.444. The van der Waals surface area contributed by atoms with Crippen LogP contribution in [0.1, 0.15) is 43.4 Å². The zero-order valence-electron chi connectivity index (χ0n) is 13.2. The van der Waals surface area contributed by atoms with Crippen LogP contribution < -0.4 is 0 Å². The van der Waals surface area contributed by atoms with E-state index in [9.17, 15) is 14.7 Å². The molecule has 0 aromatic heterocycles. The Morgan fingerprint density at radius 2 is 2.13 bits per heavy atom. The molecule has 5 nitrogen and oxygen atoms in total. The van der Waals surface area contributed by atoms with E-state index in [1.807, 2.05) is 24.3 Å². The third-order valence-electron chi connectivity index (χ3n) is 4.49. The third-order valence-corrected chi connectivity index (χ3v) is 4.49. The molecule has 2 atom stereocenters. The van der Waals surface area contributed by atoms with Crippen LogP contribution in [0.3, 0.4) is 0 Å². The number of nitrogens with zero attached hydrogens (tertiary/aromatic N) is 1. The van der Waals surface area contributed by atoms with Crippen LogP contribution in [0.2, 0.25) is 0 Å². The lowest BCUT2D eigenvalue weighted by atomic mass is 9.95. The predicted octanol–water partition coefficient (Wildman–Crippen LogP) is 1.75. The Morgan fingerprint density at radius 1 is 1.43 bits per heavy atom. The van der Waals surface area contributed by atoms with Gasteiger partial charge in [-0.3, -0.25) is 4.79 Å². The Morgan fingerprint density at radius 3 is 2.74 bits per heavy atom. The largest absolute Gasteiger partial charge is 0.479 e. The minimum atomic E-state index is -2.05. The first-order valence-electron chi connectivity index (χ1n) is 7.69. The van der Waals surface area contributed by atoms with Gasteiger partial charge in [0.1, 0.15) is 0 Å². The van der Waals surface area contributed by atoms with Gasteiger partial charge in [-0.15, -0.1) is 6.42 Å². The molecular formula is C18H21NO4. The summed E-state index contributed by atoms with van der Waals surface area (Å²) in [6.07, 6.45) is 6.48. The van der Waals surface area contributed by atoms with Crippen molar-refractivity contribution in [3.8, 4) is 12.3 Å². The lowest BCUT2D eigenvalue weighted by molar-refractivity contribution is -0.164. The van der Waals surface area contributed by atoms with Crippen LogP contribution in [0, 0.1) is 12.3 Å². The fourth-order valence-electron chi connectivity index (χ4n) is 3.03. The van der Waals surface area contributed by atoms with Crippen molar-refractivity contribution in [2.24, 2.45) is 0 Å². The highest BCUT2D eigenvalue weighted by molar-refractivity contribution is 5.87. The predicted molar refractivity (Wildman–Crippen MR) is 85.5 cm³/mol. The number of rotatable bonds is 6. The molecular weight excluding hydrogens is 294 g/mol. The molecule has 0 spiro atoms. The second-order valence-corrected chi connectivity index (χ2v) is 5.85. The first-order valence-corrected chi connectivity index (χ1v) is 7.69. The van der Waals surface area contributed by atoms with Gasteiger partial charge in [-0.25, -0.2) is 4.79 Å². The number of hydrogen-bond donors (Lipinski definition) is 2. The second kappa shape index (κ2) is 6.84. The maximum Gasteiger partial charge on any atom is 0.336 e. The summed E-state index contributed by atoms with van der Waals surface area (Å²) in [6, 6.07) is 7.69. The molecule has 1 aromatic rings. The zero-order valence-corrected chi connectivity index (χ0v) is 13.2. The molecule has 1 aliphatic carbocycles. The Labute approximate surface area is 135 Å². The van der Waals surface area contributed by atoms with Gasteiger partial charge in [0.05, 0.1) is 19.0 Å². The van der Waals surface area contributed by atoms with Crippen molar-refractivity contribution in [2.75, 3.05) is 6.54 Å². The number of benzene rings is 1. The van der Waals surface area contributed by atoms with Crippen molar-refractivity contribution >= 4 is 11.9 Å². The minimum Gasteiger partial charge on any atom is -0.479 e. The van der Waals surface area contributed by atoms with Crippen LogP contribution >= 0.6 is 0 Å². The average Bonchev–Trinajstić information content (AvgIpc) is 2.96. The number of carbonyl (C=O) groups excluding carboxylic acids is 1. The van der Waals surface area contributed by atoms with E-state index in [-0.39, 0.29) is 19.0 Å². The Kier molecular flexibility index (Phi) is 5.07. The Bertz CT molecular complexity index is 649. The van der Waals surface area contributed by atoms with Crippen molar-refractivity contribution in [3.63, 3.8) is 0 Å². The molecule has 0 radical (unpaired) electrons.